The molecule has 0 aromatic heterocycles. The summed E-state index contributed by atoms with van der Waals surface area (Å²) in [6.07, 6.45) is -0.169. The van der Waals surface area contributed by atoms with Crippen LogP contribution in [0.5, 0.6) is 0 Å². The largest absolute Gasteiger partial charge is 0.465 e. The molecule has 1 aliphatic rings. The first-order chi connectivity index (χ1) is 5.43. The standard InChI is InChI=1S/C8H15NO3/c1-8(2)5-6(10)3-4-9(8)7(11)12/h6,10H,3-5H2,1-2H3,(H,11,12). The Bertz CT molecular complexity index is 191. The lowest BCUT2D eigenvalue weighted by Crippen LogP contribution is -2.53. The SMILES string of the molecule is CC1(C)CC(O)CCN1C(=O)O. The minimum atomic E-state index is -0.896. The molecule has 1 atom stereocenters. The number of hydrogen-bond acceptors (Lipinski definition) is 2. The molecule has 1 fully saturated rings. The van der Waals surface area contributed by atoms with Gasteiger partial charge in [0.05, 0.1) is 6.10 Å². The highest BCUT2D eigenvalue weighted by Crippen LogP contribution is 2.27. The van der Waals surface area contributed by atoms with Gasteiger partial charge in [-0.1, -0.05) is 0 Å². The fraction of sp³-hybridized carbons (Fsp3) is 0.875. The molecule has 70 valence electrons. The summed E-state index contributed by atoms with van der Waals surface area (Å²) in [5.74, 6) is 0. The van der Waals surface area contributed by atoms with E-state index in [0.717, 1.165) is 0 Å². The molecule has 2 N–H and O–H groups in total. The molecule has 0 bridgehead atoms. The van der Waals surface area contributed by atoms with Gasteiger partial charge >= 0.3 is 6.09 Å². The maximum atomic E-state index is 10.7. The van der Waals surface area contributed by atoms with Gasteiger partial charge in [0.15, 0.2) is 0 Å². The van der Waals surface area contributed by atoms with Gasteiger partial charge in [-0.05, 0) is 26.7 Å². The molecule has 0 saturated carbocycles. The Kier molecular flexibility index (Phi) is 2.28. The van der Waals surface area contributed by atoms with Crippen LogP contribution in [-0.2, 0) is 0 Å². The van der Waals surface area contributed by atoms with Gasteiger partial charge in [-0.2, -0.15) is 0 Å². The van der Waals surface area contributed by atoms with E-state index < -0.39 is 11.6 Å². The van der Waals surface area contributed by atoms with Crippen molar-refractivity contribution in [1.82, 2.24) is 4.90 Å². The second-order valence-corrected chi connectivity index (χ2v) is 3.89. The van der Waals surface area contributed by atoms with Crippen LogP contribution >= 0.6 is 0 Å². The van der Waals surface area contributed by atoms with Crippen molar-refractivity contribution in [2.45, 2.75) is 38.3 Å². The fourth-order valence-corrected chi connectivity index (χ4v) is 1.72. The summed E-state index contributed by atoms with van der Waals surface area (Å²) in [6.45, 7) is 4.11. The Labute approximate surface area is 71.8 Å². The van der Waals surface area contributed by atoms with Crippen molar-refractivity contribution < 1.29 is 15.0 Å². The molecule has 1 aliphatic heterocycles. The van der Waals surface area contributed by atoms with Crippen molar-refractivity contribution in [3.63, 3.8) is 0 Å². The van der Waals surface area contributed by atoms with Crippen LogP contribution in [0.2, 0.25) is 0 Å². The van der Waals surface area contributed by atoms with E-state index in [4.69, 9.17) is 5.11 Å². The number of nitrogens with zero attached hydrogens (tertiary/aromatic N) is 1. The zero-order valence-corrected chi connectivity index (χ0v) is 7.45. The van der Waals surface area contributed by atoms with Gasteiger partial charge in [0, 0.05) is 12.1 Å². The number of amides is 1. The van der Waals surface area contributed by atoms with Gasteiger partial charge in [-0.3, -0.25) is 0 Å². The Morgan fingerprint density at radius 1 is 1.58 bits per heavy atom. The Morgan fingerprint density at radius 2 is 2.17 bits per heavy atom. The molecule has 1 unspecified atom stereocenters. The monoisotopic (exact) mass is 173 g/mol. The maximum absolute atomic E-state index is 10.7. The summed E-state index contributed by atoms with van der Waals surface area (Å²) in [7, 11) is 0. The van der Waals surface area contributed by atoms with Crippen molar-refractivity contribution in [2.75, 3.05) is 6.54 Å². The van der Waals surface area contributed by atoms with Crippen LogP contribution in [0, 0.1) is 0 Å². The van der Waals surface area contributed by atoms with E-state index in [1.165, 1.54) is 4.90 Å². The third-order valence-electron chi connectivity index (χ3n) is 2.38. The highest BCUT2D eigenvalue weighted by molar-refractivity contribution is 5.66. The number of likely N-dealkylation sites (tertiary alicyclic amines) is 1. The lowest BCUT2D eigenvalue weighted by Gasteiger charge is -2.42. The molecule has 1 saturated heterocycles. The number of carboxylic acid groups (broad SMARTS) is 1. The van der Waals surface area contributed by atoms with Crippen LogP contribution in [0.3, 0.4) is 0 Å². The molecule has 12 heavy (non-hydrogen) atoms. The minimum absolute atomic E-state index is 0.351. The smallest absolute Gasteiger partial charge is 0.407 e. The van der Waals surface area contributed by atoms with E-state index in [0.29, 0.717) is 19.4 Å². The average molecular weight is 173 g/mol. The number of hydrogen-bond donors (Lipinski definition) is 2. The summed E-state index contributed by atoms with van der Waals surface area (Å²) >= 11 is 0. The van der Waals surface area contributed by atoms with Gasteiger partial charge in [0.25, 0.3) is 0 Å². The predicted octanol–water partition coefficient (Wildman–Crippen LogP) is 0.900. The summed E-state index contributed by atoms with van der Waals surface area (Å²) in [5.41, 5.74) is -0.427. The molecule has 1 amide bonds. The zero-order valence-electron chi connectivity index (χ0n) is 7.45. The molecule has 0 radical (unpaired) electrons. The molecule has 4 heteroatoms. The van der Waals surface area contributed by atoms with Gasteiger partial charge in [0.2, 0.25) is 0 Å². The first-order valence-corrected chi connectivity index (χ1v) is 4.12. The third kappa shape index (κ3) is 1.69. The molecular formula is C8H15NO3. The molecule has 4 nitrogen and oxygen atoms in total. The second-order valence-electron chi connectivity index (χ2n) is 3.89. The number of rotatable bonds is 0. The molecule has 0 aliphatic carbocycles. The molecule has 1 heterocycles. The summed E-state index contributed by atoms with van der Waals surface area (Å²) in [5, 5.41) is 18.1. The molecule has 0 aromatic carbocycles. The maximum Gasteiger partial charge on any atom is 0.407 e. The van der Waals surface area contributed by atoms with E-state index in [9.17, 15) is 9.90 Å². The van der Waals surface area contributed by atoms with Gasteiger partial charge in [-0.15, -0.1) is 0 Å². The van der Waals surface area contributed by atoms with Crippen molar-refractivity contribution in [2.24, 2.45) is 0 Å². The normalized spacial score (nSPS) is 28.6. The quantitative estimate of drug-likeness (QED) is 0.572. The van der Waals surface area contributed by atoms with Crippen LogP contribution < -0.4 is 0 Å². The van der Waals surface area contributed by atoms with E-state index in [1.807, 2.05) is 13.8 Å². The van der Waals surface area contributed by atoms with Crippen molar-refractivity contribution in [1.29, 1.82) is 0 Å². The zero-order chi connectivity index (χ0) is 9.35. The summed E-state index contributed by atoms with van der Waals surface area (Å²) < 4.78 is 0. The molecule has 1 rings (SSSR count). The second kappa shape index (κ2) is 2.94. The van der Waals surface area contributed by atoms with Gasteiger partial charge in [0.1, 0.15) is 0 Å². The highest BCUT2D eigenvalue weighted by Gasteiger charge is 2.36. The Hall–Kier alpha value is -0.770. The minimum Gasteiger partial charge on any atom is -0.465 e. The Balaban J connectivity index is 2.70. The number of carbonyl (C=O) groups is 1. The lowest BCUT2D eigenvalue weighted by molar-refractivity contribution is 0.00630. The fourth-order valence-electron chi connectivity index (χ4n) is 1.72. The average Bonchev–Trinajstić information content (AvgIpc) is 1.82. The third-order valence-corrected chi connectivity index (χ3v) is 2.38. The first kappa shape index (κ1) is 9.32. The van der Waals surface area contributed by atoms with Gasteiger partial charge < -0.3 is 15.1 Å². The van der Waals surface area contributed by atoms with Crippen molar-refractivity contribution in [3.8, 4) is 0 Å². The van der Waals surface area contributed by atoms with E-state index in [2.05, 4.69) is 0 Å². The lowest BCUT2D eigenvalue weighted by atomic mass is 9.89. The molecular weight excluding hydrogens is 158 g/mol. The van der Waals surface area contributed by atoms with E-state index >= 15 is 0 Å². The number of aliphatic hydroxyl groups is 1. The number of piperidine rings is 1. The number of aliphatic hydroxyl groups excluding tert-OH is 1. The van der Waals surface area contributed by atoms with Crippen molar-refractivity contribution >= 4 is 6.09 Å². The topological polar surface area (TPSA) is 60.8 Å². The van der Waals surface area contributed by atoms with Crippen molar-refractivity contribution in [3.05, 3.63) is 0 Å². The highest BCUT2D eigenvalue weighted by atomic mass is 16.4. The first-order valence-electron chi connectivity index (χ1n) is 4.12. The van der Waals surface area contributed by atoms with E-state index in [1.54, 1.807) is 0 Å². The predicted molar refractivity (Wildman–Crippen MR) is 44.1 cm³/mol. The van der Waals surface area contributed by atoms with Crippen LogP contribution in [-0.4, -0.2) is 39.4 Å². The summed E-state index contributed by atoms with van der Waals surface area (Å²) in [4.78, 5) is 12.1. The van der Waals surface area contributed by atoms with E-state index in [-0.39, 0.29) is 6.10 Å². The van der Waals surface area contributed by atoms with Crippen LogP contribution in [0.25, 0.3) is 0 Å². The Morgan fingerprint density at radius 3 is 2.58 bits per heavy atom. The molecule has 0 aromatic rings. The van der Waals surface area contributed by atoms with Crippen LogP contribution in [0.1, 0.15) is 26.7 Å². The summed E-state index contributed by atoms with van der Waals surface area (Å²) in [6, 6.07) is 0. The van der Waals surface area contributed by atoms with Crippen LogP contribution in [0.4, 0.5) is 4.79 Å². The van der Waals surface area contributed by atoms with Gasteiger partial charge in [-0.25, -0.2) is 4.79 Å². The van der Waals surface area contributed by atoms with Crippen LogP contribution in [0.15, 0.2) is 0 Å². The molecule has 0 spiro atoms.